The fourth-order valence-corrected chi connectivity index (χ4v) is 3.81. The number of hydrogen-bond donors (Lipinski definition) is 1. The molecule has 1 aromatic carbocycles. The van der Waals surface area contributed by atoms with E-state index in [1.165, 1.54) is 18.6 Å². The molecule has 0 radical (unpaired) electrons. The third-order valence-electron chi connectivity index (χ3n) is 4.80. The van der Waals surface area contributed by atoms with Gasteiger partial charge in [-0.15, -0.1) is 0 Å². The number of nitrogens with one attached hydrogen (secondary N) is 1. The van der Waals surface area contributed by atoms with Crippen molar-refractivity contribution in [2.75, 3.05) is 19.6 Å². The fraction of sp³-hybridized carbons (Fsp3) is 0.579. The molecule has 1 aliphatic heterocycles. The predicted octanol–water partition coefficient (Wildman–Crippen LogP) is 3.75. The van der Waals surface area contributed by atoms with Crippen LogP contribution in [0.2, 0.25) is 0 Å². The molecule has 0 aromatic heterocycles. The molecule has 0 bridgehead atoms. The number of hydrogen-bond acceptors (Lipinski definition) is 4. The van der Waals surface area contributed by atoms with Gasteiger partial charge in [0.1, 0.15) is 0 Å². The number of non-ortho nitro benzene ring substituents is 1. The molecule has 2 amide bonds. The van der Waals surface area contributed by atoms with Crippen LogP contribution in [-0.2, 0) is 4.79 Å². The van der Waals surface area contributed by atoms with Gasteiger partial charge in [0.25, 0.3) is 11.6 Å². The number of nitro benzene ring substituents is 1. The summed E-state index contributed by atoms with van der Waals surface area (Å²) in [6, 6.07) is 4.29. The molecule has 8 heteroatoms. The van der Waals surface area contributed by atoms with E-state index >= 15 is 0 Å². The first-order valence-electron chi connectivity index (χ1n) is 9.45. The molecular formula is C19H26IN3O4. The molecular weight excluding hydrogens is 461 g/mol. The lowest BCUT2D eigenvalue weighted by Gasteiger charge is -2.32. The first-order valence-corrected chi connectivity index (χ1v) is 10.5. The van der Waals surface area contributed by atoms with Gasteiger partial charge in [0.15, 0.2) is 0 Å². The van der Waals surface area contributed by atoms with Crippen molar-refractivity contribution in [3.8, 4) is 0 Å². The minimum absolute atomic E-state index is 0.00209. The van der Waals surface area contributed by atoms with E-state index in [0.717, 1.165) is 32.1 Å². The van der Waals surface area contributed by atoms with Gasteiger partial charge in [-0.3, -0.25) is 19.7 Å². The van der Waals surface area contributed by atoms with E-state index in [4.69, 9.17) is 0 Å². The first-order chi connectivity index (χ1) is 12.9. The summed E-state index contributed by atoms with van der Waals surface area (Å²) in [6.45, 7) is 3.75. The first kappa shape index (κ1) is 21.6. The van der Waals surface area contributed by atoms with E-state index in [1.807, 2.05) is 22.6 Å². The van der Waals surface area contributed by atoms with Crippen molar-refractivity contribution in [3.05, 3.63) is 37.4 Å². The lowest BCUT2D eigenvalue weighted by molar-refractivity contribution is -0.384. The highest BCUT2D eigenvalue weighted by atomic mass is 127. The molecule has 1 aliphatic rings. The van der Waals surface area contributed by atoms with Gasteiger partial charge in [0, 0.05) is 35.3 Å². The summed E-state index contributed by atoms with van der Waals surface area (Å²) in [4.78, 5) is 37.4. The van der Waals surface area contributed by atoms with Crippen LogP contribution in [0.25, 0.3) is 0 Å². The average Bonchev–Trinajstić information content (AvgIpc) is 2.67. The third kappa shape index (κ3) is 6.15. The number of amides is 2. The normalized spacial score (nSPS) is 16.8. The molecule has 148 valence electrons. The van der Waals surface area contributed by atoms with Crippen molar-refractivity contribution in [1.29, 1.82) is 0 Å². The van der Waals surface area contributed by atoms with Crippen LogP contribution in [0.1, 0.15) is 55.8 Å². The molecule has 1 saturated heterocycles. The summed E-state index contributed by atoms with van der Waals surface area (Å²) in [6.07, 6.45) is 5.92. The summed E-state index contributed by atoms with van der Waals surface area (Å²) >= 11 is 2.01. The molecule has 27 heavy (non-hydrogen) atoms. The largest absolute Gasteiger partial charge is 0.356 e. The maximum atomic E-state index is 12.9. The second-order valence-electron chi connectivity index (χ2n) is 6.86. The molecule has 0 saturated carbocycles. The van der Waals surface area contributed by atoms with Crippen LogP contribution in [-0.4, -0.2) is 41.3 Å². The van der Waals surface area contributed by atoms with E-state index in [9.17, 15) is 19.7 Å². The van der Waals surface area contributed by atoms with Crippen LogP contribution < -0.4 is 5.32 Å². The summed E-state index contributed by atoms with van der Waals surface area (Å²) in [5.41, 5.74) is 0.225. The zero-order valence-corrected chi connectivity index (χ0v) is 17.7. The Morgan fingerprint density at radius 3 is 2.81 bits per heavy atom. The number of halogens is 1. The summed E-state index contributed by atoms with van der Waals surface area (Å²) in [7, 11) is 0. The van der Waals surface area contributed by atoms with Gasteiger partial charge in [-0.1, -0.05) is 26.2 Å². The molecule has 2 rings (SSSR count). The van der Waals surface area contributed by atoms with E-state index in [-0.39, 0.29) is 23.4 Å². The van der Waals surface area contributed by atoms with Gasteiger partial charge < -0.3 is 10.2 Å². The van der Waals surface area contributed by atoms with Crippen LogP contribution in [0.5, 0.6) is 0 Å². The summed E-state index contributed by atoms with van der Waals surface area (Å²) in [5, 5.41) is 14.0. The monoisotopic (exact) mass is 487 g/mol. The van der Waals surface area contributed by atoms with Crippen molar-refractivity contribution < 1.29 is 14.5 Å². The van der Waals surface area contributed by atoms with Gasteiger partial charge in [-0.25, -0.2) is 0 Å². The Hall–Kier alpha value is -1.71. The minimum atomic E-state index is -0.502. The lowest BCUT2D eigenvalue weighted by atomic mass is 9.96. The number of nitrogens with zero attached hydrogens (tertiary/aromatic N) is 2. The Morgan fingerprint density at radius 1 is 1.33 bits per heavy atom. The number of carbonyl (C=O) groups excluding carboxylic acids is 2. The van der Waals surface area contributed by atoms with Gasteiger partial charge in [-0.05, 0) is 47.9 Å². The molecule has 1 aromatic rings. The topological polar surface area (TPSA) is 92.6 Å². The summed E-state index contributed by atoms with van der Waals surface area (Å²) < 4.78 is 0.672. The molecule has 1 N–H and O–H groups in total. The average molecular weight is 487 g/mol. The van der Waals surface area contributed by atoms with Crippen LogP contribution in [0.15, 0.2) is 18.2 Å². The van der Waals surface area contributed by atoms with Crippen LogP contribution in [0.4, 0.5) is 5.69 Å². The van der Waals surface area contributed by atoms with E-state index in [2.05, 4.69) is 12.2 Å². The molecule has 0 spiro atoms. The molecule has 1 atom stereocenters. The number of unbranched alkanes of at least 4 members (excludes halogenated alkanes) is 3. The van der Waals surface area contributed by atoms with E-state index < -0.39 is 4.92 Å². The van der Waals surface area contributed by atoms with E-state index in [0.29, 0.717) is 28.8 Å². The number of rotatable bonds is 8. The number of benzene rings is 1. The van der Waals surface area contributed by atoms with Gasteiger partial charge >= 0.3 is 0 Å². The highest BCUT2D eigenvalue weighted by Gasteiger charge is 2.30. The Morgan fingerprint density at radius 2 is 2.11 bits per heavy atom. The molecule has 1 unspecified atom stereocenters. The van der Waals surface area contributed by atoms with Crippen molar-refractivity contribution >= 4 is 40.1 Å². The maximum absolute atomic E-state index is 12.9. The molecule has 0 aliphatic carbocycles. The number of nitro groups is 1. The van der Waals surface area contributed by atoms with Gasteiger partial charge in [0.05, 0.1) is 16.4 Å². The van der Waals surface area contributed by atoms with Crippen molar-refractivity contribution in [3.63, 3.8) is 0 Å². The van der Waals surface area contributed by atoms with Crippen molar-refractivity contribution in [2.45, 2.75) is 45.4 Å². The smallest absolute Gasteiger partial charge is 0.270 e. The predicted molar refractivity (Wildman–Crippen MR) is 112 cm³/mol. The Kier molecular flexibility index (Phi) is 8.46. The fourth-order valence-electron chi connectivity index (χ4n) is 3.24. The highest BCUT2D eigenvalue weighted by molar-refractivity contribution is 14.1. The molecule has 1 heterocycles. The minimum Gasteiger partial charge on any atom is -0.356 e. The standard InChI is InChI=1S/C19H26IN3O4/c1-2-3-4-5-10-21-18(24)14-7-6-11-22(13-14)19(25)16-12-15(23(26)27)8-9-17(16)20/h8-9,12,14H,2-7,10-11,13H2,1H3,(H,21,24). The number of likely N-dealkylation sites (tertiary alicyclic amines) is 1. The second kappa shape index (κ2) is 10.6. The Balaban J connectivity index is 1.97. The lowest BCUT2D eigenvalue weighted by Crippen LogP contribution is -2.45. The van der Waals surface area contributed by atoms with Crippen LogP contribution in [0, 0.1) is 19.6 Å². The van der Waals surface area contributed by atoms with E-state index in [1.54, 1.807) is 11.0 Å². The SMILES string of the molecule is CCCCCCNC(=O)C1CCCN(C(=O)c2cc([N+](=O)[O-])ccc2I)C1. The third-order valence-corrected chi connectivity index (χ3v) is 5.74. The summed E-state index contributed by atoms with van der Waals surface area (Å²) in [5.74, 6) is -0.466. The van der Waals surface area contributed by atoms with Crippen LogP contribution >= 0.6 is 22.6 Å². The van der Waals surface area contributed by atoms with Gasteiger partial charge in [0.2, 0.25) is 5.91 Å². The molecule has 7 nitrogen and oxygen atoms in total. The zero-order valence-electron chi connectivity index (χ0n) is 15.6. The maximum Gasteiger partial charge on any atom is 0.270 e. The number of carbonyl (C=O) groups is 2. The Bertz CT molecular complexity index is 696. The molecule has 1 fully saturated rings. The van der Waals surface area contributed by atoms with Crippen molar-refractivity contribution in [2.24, 2.45) is 5.92 Å². The Labute approximate surface area is 173 Å². The highest BCUT2D eigenvalue weighted by Crippen LogP contribution is 2.24. The van der Waals surface area contributed by atoms with Gasteiger partial charge in [-0.2, -0.15) is 0 Å². The second-order valence-corrected chi connectivity index (χ2v) is 8.03. The van der Waals surface area contributed by atoms with Crippen molar-refractivity contribution in [1.82, 2.24) is 10.2 Å². The number of piperidine rings is 1. The zero-order chi connectivity index (χ0) is 19.8. The quantitative estimate of drug-likeness (QED) is 0.262. The van der Waals surface area contributed by atoms with Crippen LogP contribution in [0.3, 0.4) is 0 Å².